The quantitative estimate of drug-likeness (QED) is 0.798. The number of hydrogen-bond acceptors (Lipinski definition) is 3. The van der Waals surface area contributed by atoms with E-state index in [9.17, 15) is 9.59 Å². The van der Waals surface area contributed by atoms with Crippen LogP contribution < -0.4 is 20.7 Å². The summed E-state index contributed by atoms with van der Waals surface area (Å²) in [5.41, 5.74) is 3.51. The number of aryl methyl sites for hydroxylation is 1. The lowest BCUT2D eigenvalue weighted by Crippen LogP contribution is -2.31. The van der Waals surface area contributed by atoms with Crippen LogP contribution in [0.15, 0.2) is 42.5 Å². The van der Waals surface area contributed by atoms with E-state index in [0.29, 0.717) is 17.1 Å². The molecular weight excluding hydrogens is 318 g/mol. The van der Waals surface area contributed by atoms with Gasteiger partial charge in [0.25, 0.3) is 5.91 Å². The zero-order valence-electron chi connectivity index (χ0n) is 14.3. The van der Waals surface area contributed by atoms with Crippen LogP contribution in [0.25, 0.3) is 0 Å². The molecule has 0 fully saturated rings. The maximum atomic E-state index is 12.2. The third kappa shape index (κ3) is 4.09. The average Bonchev–Trinajstić information content (AvgIpc) is 2.61. The van der Waals surface area contributed by atoms with Crippen LogP contribution in [0.5, 0.6) is 5.75 Å². The molecule has 0 aliphatic carbocycles. The lowest BCUT2D eigenvalue weighted by molar-refractivity contribution is -0.118. The molecule has 130 valence electrons. The summed E-state index contributed by atoms with van der Waals surface area (Å²) in [4.78, 5) is 23.5. The van der Waals surface area contributed by atoms with E-state index in [2.05, 4.69) is 35.0 Å². The summed E-state index contributed by atoms with van der Waals surface area (Å²) in [6.45, 7) is 4.03. The molecule has 1 heterocycles. The van der Waals surface area contributed by atoms with Gasteiger partial charge < -0.3 is 20.7 Å². The molecule has 1 aliphatic rings. The first kappa shape index (κ1) is 16.8. The number of amides is 3. The number of ether oxygens (including phenoxy) is 1. The van der Waals surface area contributed by atoms with E-state index in [0.717, 1.165) is 12.0 Å². The number of anilines is 2. The van der Waals surface area contributed by atoms with E-state index in [4.69, 9.17) is 4.74 Å². The van der Waals surface area contributed by atoms with E-state index in [-0.39, 0.29) is 24.6 Å². The van der Waals surface area contributed by atoms with E-state index in [1.807, 2.05) is 19.1 Å². The standard InChI is InChI=1S/C19H21N3O3/c1-3-13-4-6-14(7-5-13)12(2)20-19(24)21-15-8-9-16-17(10-15)25-11-18(23)22-16/h4-10,12H,3,11H2,1-2H3,(H,22,23)(H2,20,21,24). The van der Waals surface area contributed by atoms with Crippen molar-refractivity contribution < 1.29 is 14.3 Å². The zero-order chi connectivity index (χ0) is 17.8. The summed E-state index contributed by atoms with van der Waals surface area (Å²) in [7, 11) is 0. The van der Waals surface area contributed by atoms with Gasteiger partial charge in [-0.15, -0.1) is 0 Å². The molecule has 2 aromatic carbocycles. The third-order valence-electron chi connectivity index (χ3n) is 4.11. The molecule has 2 aromatic rings. The van der Waals surface area contributed by atoms with Crippen LogP contribution in [0.1, 0.15) is 31.0 Å². The maximum absolute atomic E-state index is 12.2. The number of rotatable bonds is 4. The molecule has 3 rings (SSSR count). The summed E-state index contributed by atoms with van der Waals surface area (Å²) in [6, 6.07) is 12.9. The van der Waals surface area contributed by atoms with Crippen molar-refractivity contribution in [1.82, 2.24) is 5.32 Å². The van der Waals surface area contributed by atoms with Crippen molar-refractivity contribution in [2.24, 2.45) is 0 Å². The SMILES string of the molecule is CCc1ccc(C(C)NC(=O)Nc2ccc3c(c2)OCC(=O)N3)cc1. The van der Waals surface area contributed by atoms with Gasteiger partial charge in [0.1, 0.15) is 5.75 Å². The zero-order valence-corrected chi connectivity index (χ0v) is 14.3. The molecule has 3 N–H and O–H groups in total. The van der Waals surface area contributed by atoms with Crippen LogP contribution >= 0.6 is 0 Å². The van der Waals surface area contributed by atoms with Gasteiger partial charge in [-0.3, -0.25) is 4.79 Å². The summed E-state index contributed by atoms with van der Waals surface area (Å²) in [6.07, 6.45) is 0.990. The predicted molar refractivity (Wildman–Crippen MR) is 97.0 cm³/mol. The Morgan fingerprint density at radius 2 is 2.00 bits per heavy atom. The maximum Gasteiger partial charge on any atom is 0.319 e. The summed E-state index contributed by atoms with van der Waals surface area (Å²) >= 11 is 0. The average molecular weight is 339 g/mol. The second-order valence-electron chi connectivity index (χ2n) is 5.96. The van der Waals surface area contributed by atoms with Gasteiger partial charge in [-0.2, -0.15) is 0 Å². The number of urea groups is 1. The van der Waals surface area contributed by atoms with Crippen LogP contribution in [0.3, 0.4) is 0 Å². The summed E-state index contributed by atoms with van der Waals surface area (Å²) in [5, 5.41) is 8.40. The molecule has 6 heteroatoms. The minimum Gasteiger partial charge on any atom is -0.482 e. The van der Waals surface area contributed by atoms with Crippen molar-refractivity contribution in [1.29, 1.82) is 0 Å². The second kappa shape index (κ2) is 7.25. The topological polar surface area (TPSA) is 79.5 Å². The van der Waals surface area contributed by atoms with E-state index < -0.39 is 0 Å². The van der Waals surface area contributed by atoms with Crippen LogP contribution in [0.2, 0.25) is 0 Å². The van der Waals surface area contributed by atoms with Crippen molar-refractivity contribution in [2.45, 2.75) is 26.3 Å². The van der Waals surface area contributed by atoms with Gasteiger partial charge in [-0.05, 0) is 36.6 Å². The first-order valence-electron chi connectivity index (χ1n) is 8.28. The number of fused-ring (bicyclic) bond motifs is 1. The Bertz CT molecular complexity index is 787. The number of hydrogen-bond donors (Lipinski definition) is 3. The molecule has 1 atom stereocenters. The van der Waals surface area contributed by atoms with Crippen molar-refractivity contribution >= 4 is 23.3 Å². The van der Waals surface area contributed by atoms with Gasteiger partial charge in [-0.1, -0.05) is 31.2 Å². The second-order valence-corrected chi connectivity index (χ2v) is 5.96. The highest BCUT2D eigenvalue weighted by Crippen LogP contribution is 2.30. The normalized spacial score (nSPS) is 13.9. The molecule has 1 unspecified atom stereocenters. The van der Waals surface area contributed by atoms with E-state index in [1.54, 1.807) is 18.2 Å². The van der Waals surface area contributed by atoms with Crippen LogP contribution in [0.4, 0.5) is 16.2 Å². The molecular formula is C19H21N3O3. The Labute approximate surface area is 146 Å². The van der Waals surface area contributed by atoms with Gasteiger partial charge in [-0.25, -0.2) is 4.79 Å². The van der Waals surface area contributed by atoms with Crippen molar-refractivity contribution in [3.05, 3.63) is 53.6 Å². The molecule has 1 aliphatic heterocycles. The molecule has 3 amide bonds. The monoisotopic (exact) mass is 339 g/mol. The number of carbonyl (C=O) groups is 2. The Balaban J connectivity index is 1.61. The summed E-state index contributed by atoms with van der Waals surface area (Å²) in [5.74, 6) is 0.356. The highest BCUT2D eigenvalue weighted by molar-refractivity contribution is 5.96. The lowest BCUT2D eigenvalue weighted by atomic mass is 10.1. The van der Waals surface area contributed by atoms with Gasteiger partial charge in [0, 0.05) is 11.8 Å². The molecule has 0 spiro atoms. The summed E-state index contributed by atoms with van der Waals surface area (Å²) < 4.78 is 5.35. The van der Waals surface area contributed by atoms with Crippen LogP contribution in [-0.2, 0) is 11.2 Å². The number of benzene rings is 2. The van der Waals surface area contributed by atoms with Gasteiger partial charge in [0.15, 0.2) is 6.61 Å². The van der Waals surface area contributed by atoms with E-state index >= 15 is 0 Å². The highest BCUT2D eigenvalue weighted by atomic mass is 16.5. The molecule has 0 saturated carbocycles. The Morgan fingerprint density at radius 3 is 2.72 bits per heavy atom. The largest absolute Gasteiger partial charge is 0.482 e. The highest BCUT2D eigenvalue weighted by Gasteiger charge is 2.17. The molecule has 0 saturated heterocycles. The molecule has 0 radical (unpaired) electrons. The first-order valence-corrected chi connectivity index (χ1v) is 8.28. The Kier molecular flexibility index (Phi) is 4.88. The Hall–Kier alpha value is -3.02. The molecule has 0 bridgehead atoms. The van der Waals surface area contributed by atoms with Crippen molar-refractivity contribution in [2.75, 3.05) is 17.2 Å². The van der Waals surface area contributed by atoms with Crippen LogP contribution in [0, 0.1) is 0 Å². The van der Waals surface area contributed by atoms with Crippen molar-refractivity contribution in [3.8, 4) is 5.75 Å². The number of nitrogens with one attached hydrogen (secondary N) is 3. The smallest absolute Gasteiger partial charge is 0.319 e. The van der Waals surface area contributed by atoms with Crippen molar-refractivity contribution in [3.63, 3.8) is 0 Å². The molecule has 25 heavy (non-hydrogen) atoms. The first-order chi connectivity index (χ1) is 12.0. The minimum absolute atomic E-state index is 0.0204. The molecule has 6 nitrogen and oxygen atoms in total. The van der Waals surface area contributed by atoms with Gasteiger partial charge >= 0.3 is 6.03 Å². The van der Waals surface area contributed by atoms with Crippen LogP contribution in [-0.4, -0.2) is 18.5 Å². The fourth-order valence-corrected chi connectivity index (χ4v) is 2.64. The number of carbonyl (C=O) groups excluding carboxylic acids is 2. The Morgan fingerprint density at radius 1 is 1.24 bits per heavy atom. The minimum atomic E-state index is -0.299. The molecule has 0 aromatic heterocycles. The lowest BCUT2D eigenvalue weighted by Gasteiger charge is -2.19. The van der Waals surface area contributed by atoms with E-state index in [1.165, 1.54) is 5.56 Å². The third-order valence-corrected chi connectivity index (χ3v) is 4.11. The van der Waals surface area contributed by atoms with Gasteiger partial charge in [0.05, 0.1) is 11.7 Å². The van der Waals surface area contributed by atoms with Gasteiger partial charge in [0.2, 0.25) is 0 Å². The fourth-order valence-electron chi connectivity index (χ4n) is 2.64. The predicted octanol–water partition coefficient (Wildman–Crippen LogP) is 3.46. The fraction of sp³-hybridized carbons (Fsp3) is 0.263.